The first-order valence-corrected chi connectivity index (χ1v) is 3.96. The van der Waals surface area contributed by atoms with Gasteiger partial charge >= 0.3 is 0 Å². The number of halogens is 1. The smallest absolute Gasteiger partial charge is 0.0465 e. The molecule has 0 bridgehead atoms. The second-order valence-electron chi connectivity index (χ2n) is 2.99. The highest BCUT2D eigenvalue weighted by atomic mass is 79.9. The average Bonchev–Trinajstić information content (AvgIpc) is 2.55. The molecule has 46 valence electrons. The summed E-state index contributed by atoms with van der Waals surface area (Å²) in [6.07, 6.45) is 2.57. The highest BCUT2D eigenvalue weighted by Crippen LogP contribution is 2.73. The molecule has 2 heteroatoms. The molecule has 2 fully saturated rings. The van der Waals surface area contributed by atoms with Crippen LogP contribution in [0.2, 0.25) is 0 Å². The zero-order chi connectivity index (χ0) is 5.78. The number of rotatable bonds is 1. The van der Waals surface area contributed by atoms with Crippen LogP contribution >= 0.6 is 15.9 Å². The lowest BCUT2D eigenvalue weighted by atomic mass is 10.3. The number of aliphatic hydroxyl groups is 1. The van der Waals surface area contributed by atoms with E-state index in [1.54, 1.807) is 0 Å². The minimum Gasteiger partial charge on any atom is -0.396 e. The summed E-state index contributed by atoms with van der Waals surface area (Å²) in [7, 11) is 0. The molecule has 0 radical (unpaired) electrons. The largest absolute Gasteiger partial charge is 0.396 e. The first kappa shape index (κ1) is 5.24. The second-order valence-corrected chi connectivity index (χ2v) is 4.09. The molecule has 2 saturated carbocycles. The van der Waals surface area contributed by atoms with E-state index in [1.807, 2.05) is 0 Å². The lowest BCUT2D eigenvalue weighted by Gasteiger charge is -1.84. The Kier molecular flexibility index (Phi) is 0.848. The van der Waals surface area contributed by atoms with Crippen molar-refractivity contribution in [2.75, 3.05) is 6.61 Å². The average molecular weight is 177 g/mol. The Balaban J connectivity index is 1.97. The van der Waals surface area contributed by atoms with Gasteiger partial charge in [-0.25, -0.2) is 0 Å². The Hall–Kier alpha value is 0.440. The molecule has 1 N–H and O–H groups in total. The summed E-state index contributed by atoms with van der Waals surface area (Å²) in [6.45, 7) is 0.405. The molecular formula is C6H9BrO. The van der Waals surface area contributed by atoms with Crippen molar-refractivity contribution in [3.05, 3.63) is 0 Å². The molecule has 3 unspecified atom stereocenters. The minimum atomic E-state index is 0.405. The number of alkyl halides is 1. The highest BCUT2D eigenvalue weighted by Gasteiger charge is 2.68. The first-order valence-electron chi connectivity index (χ1n) is 3.04. The van der Waals surface area contributed by atoms with E-state index >= 15 is 0 Å². The highest BCUT2D eigenvalue weighted by molar-refractivity contribution is 9.09. The van der Waals surface area contributed by atoms with Crippen molar-refractivity contribution in [3.8, 4) is 0 Å². The van der Waals surface area contributed by atoms with Crippen LogP contribution in [0.15, 0.2) is 0 Å². The van der Waals surface area contributed by atoms with E-state index in [4.69, 9.17) is 5.11 Å². The summed E-state index contributed by atoms with van der Waals surface area (Å²) in [6, 6.07) is 0. The van der Waals surface area contributed by atoms with Crippen LogP contribution in [0.3, 0.4) is 0 Å². The minimum absolute atomic E-state index is 0.405. The topological polar surface area (TPSA) is 20.2 Å². The summed E-state index contributed by atoms with van der Waals surface area (Å²) in [5, 5.41) is 8.68. The molecule has 3 atom stereocenters. The molecule has 2 rings (SSSR count). The Morgan fingerprint density at radius 3 is 2.38 bits per heavy atom. The van der Waals surface area contributed by atoms with Crippen LogP contribution in [0.5, 0.6) is 0 Å². The van der Waals surface area contributed by atoms with E-state index in [1.165, 1.54) is 12.8 Å². The Morgan fingerprint density at radius 1 is 1.62 bits per heavy atom. The normalized spacial score (nSPS) is 59.2. The number of hydrogen-bond acceptors (Lipinski definition) is 1. The maximum absolute atomic E-state index is 8.68. The van der Waals surface area contributed by atoms with Crippen LogP contribution in [0.1, 0.15) is 12.8 Å². The maximum Gasteiger partial charge on any atom is 0.0465 e. The summed E-state index contributed by atoms with van der Waals surface area (Å²) in [5.74, 6) is 0.645. The van der Waals surface area contributed by atoms with Crippen LogP contribution < -0.4 is 0 Å². The van der Waals surface area contributed by atoms with Gasteiger partial charge < -0.3 is 5.11 Å². The van der Waals surface area contributed by atoms with Gasteiger partial charge in [0.25, 0.3) is 0 Å². The lowest BCUT2D eigenvalue weighted by Crippen LogP contribution is -1.88. The van der Waals surface area contributed by atoms with E-state index in [-0.39, 0.29) is 0 Å². The Morgan fingerprint density at radius 2 is 2.25 bits per heavy atom. The molecule has 1 spiro atoms. The molecule has 0 amide bonds. The predicted molar refractivity (Wildman–Crippen MR) is 35.0 cm³/mol. The molecule has 0 aliphatic heterocycles. The fourth-order valence-electron chi connectivity index (χ4n) is 1.55. The standard InChI is InChI=1S/C6H9BrO/c7-5-2-6(5)1-4(6)3-8/h4-5,8H,1-3H2. The van der Waals surface area contributed by atoms with Crippen LogP contribution in [-0.2, 0) is 0 Å². The van der Waals surface area contributed by atoms with E-state index < -0.39 is 0 Å². The third-order valence-electron chi connectivity index (χ3n) is 2.52. The summed E-state index contributed by atoms with van der Waals surface area (Å²) >= 11 is 3.54. The van der Waals surface area contributed by atoms with Crippen molar-refractivity contribution in [2.45, 2.75) is 17.7 Å². The zero-order valence-corrected chi connectivity index (χ0v) is 6.19. The van der Waals surface area contributed by atoms with Gasteiger partial charge in [0, 0.05) is 11.4 Å². The van der Waals surface area contributed by atoms with E-state index in [0.29, 0.717) is 17.9 Å². The van der Waals surface area contributed by atoms with Crippen molar-refractivity contribution in [1.82, 2.24) is 0 Å². The number of hydrogen-bond donors (Lipinski definition) is 1. The van der Waals surface area contributed by atoms with Gasteiger partial charge in [-0.3, -0.25) is 0 Å². The van der Waals surface area contributed by atoms with Crippen molar-refractivity contribution >= 4 is 15.9 Å². The molecule has 8 heavy (non-hydrogen) atoms. The van der Waals surface area contributed by atoms with Crippen molar-refractivity contribution < 1.29 is 5.11 Å². The van der Waals surface area contributed by atoms with Gasteiger partial charge in [0.15, 0.2) is 0 Å². The van der Waals surface area contributed by atoms with Crippen molar-refractivity contribution in [2.24, 2.45) is 11.3 Å². The van der Waals surface area contributed by atoms with Crippen molar-refractivity contribution in [1.29, 1.82) is 0 Å². The van der Waals surface area contributed by atoms with Crippen LogP contribution in [0, 0.1) is 11.3 Å². The van der Waals surface area contributed by atoms with Gasteiger partial charge in [-0.15, -0.1) is 0 Å². The predicted octanol–water partition coefficient (Wildman–Crippen LogP) is 1.15. The molecule has 1 nitrogen and oxygen atoms in total. The van der Waals surface area contributed by atoms with Gasteiger partial charge in [0.2, 0.25) is 0 Å². The summed E-state index contributed by atoms with van der Waals surface area (Å²) in [4.78, 5) is 0.743. The van der Waals surface area contributed by atoms with Crippen molar-refractivity contribution in [3.63, 3.8) is 0 Å². The fourth-order valence-corrected chi connectivity index (χ4v) is 2.72. The Bertz CT molecular complexity index is 126. The third kappa shape index (κ3) is 0.456. The SMILES string of the molecule is OCC1CC12CC2Br. The van der Waals surface area contributed by atoms with Gasteiger partial charge in [-0.1, -0.05) is 15.9 Å². The fraction of sp³-hybridized carbons (Fsp3) is 1.00. The van der Waals surface area contributed by atoms with Gasteiger partial charge in [-0.05, 0) is 24.2 Å². The van der Waals surface area contributed by atoms with Gasteiger partial charge in [0.1, 0.15) is 0 Å². The Labute approximate surface area is 57.2 Å². The zero-order valence-electron chi connectivity index (χ0n) is 4.60. The van der Waals surface area contributed by atoms with E-state index in [2.05, 4.69) is 15.9 Å². The van der Waals surface area contributed by atoms with Gasteiger partial charge in [0.05, 0.1) is 0 Å². The molecule has 0 saturated heterocycles. The summed E-state index contributed by atoms with van der Waals surface area (Å²) in [5.41, 5.74) is 0.592. The monoisotopic (exact) mass is 176 g/mol. The first-order chi connectivity index (χ1) is 3.79. The molecule has 0 aromatic rings. The maximum atomic E-state index is 8.68. The summed E-state index contributed by atoms with van der Waals surface area (Å²) < 4.78 is 0. The van der Waals surface area contributed by atoms with Crippen LogP contribution in [0.25, 0.3) is 0 Å². The van der Waals surface area contributed by atoms with E-state index in [0.717, 1.165) is 4.83 Å². The quantitative estimate of drug-likeness (QED) is 0.595. The lowest BCUT2D eigenvalue weighted by molar-refractivity contribution is 0.267. The molecule has 2 aliphatic carbocycles. The third-order valence-corrected chi connectivity index (χ3v) is 3.76. The second kappa shape index (κ2) is 1.29. The molecule has 2 aliphatic rings. The van der Waals surface area contributed by atoms with Crippen LogP contribution in [0.4, 0.5) is 0 Å². The van der Waals surface area contributed by atoms with E-state index in [9.17, 15) is 0 Å². The van der Waals surface area contributed by atoms with Crippen LogP contribution in [-0.4, -0.2) is 16.5 Å². The van der Waals surface area contributed by atoms with Gasteiger partial charge in [-0.2, -0.15) is 0 Å². The molecule has 0 aromatic carbocycles. The molecule has 0 heterocycles. The molecule has 0 aromatic heterocycles. The number of aliphatic hydroxyl groups excluding tert-OH is 1. The molecular weight excluding hydrogens is 168 g/mol.